The van der Waals surface area contributed by atoms with Gasteiger partial charge in [-0.1, -0.05) is 33.1 Å². The fraction of sp³-hybridized carbons (Fsp3) is 0.750. The molecule has 1 saturated heterocycles. The smallest absolute Gasteiger partial charge is 0.273 e. The molecular weight excluding hydrogens is 266 g/mol. The van der Waals surface area contributed by atoms with Crippen LogP contribution in [-0.4, -0.2) is 24.0 Å². The summed E-state index contributed by atoms with van der Waals surface area (Å²) >= 11 is 0. The number of hydrogen-bond donors (Lipinski definition) is 2. The van der Waals surface area contributed by atoms with Gasteiger partial charge >= 0.3 is 0 Å². The van der Waals surface area contributed by atoms with E-state index < -0.39 is 0 Å². The van der Waals surface area contributed by atoms with Crippen molar-refractivity contribution >= 4 is 5.91 Å². The minimum Gasteiger partial charge on any atom is -0.446 e. The standard InChI is InChI=1S/C16H27N3O2/c1-3-5-7-12(4-2)10-18-15(20)14-11-21-16(19-14)13-8-6-9-17-13/h11-13,17H,3-10H2,1-2H3,(H,18,20). The van der Waals surface area contributed by atoms with E-state index in [0.717, 1.165) is 32.4 Å². The Morgan fingerprint density at radius 3 is 3.10 bits per heavy atom. The average Bonchev–Trinajstić information content (AvgIpc) is 3.17. The molecule has 0 radical (unpaired) electrons. The van der Waals surface area contributed by atoms with E-state index in [-0.39, 0.29) is 11.9 Å². The number of rotatable bonds is 8. The molecule has 1 amide bonds. The molecule has 2 unspecified atom stereocenters. The summed E-state index contributed by atoms with van der Waals surface area (Å²) in [6.45, 7) is 6.08. The van der Waals surface area contributed by atoms with E-state index in [1.165, 1.54) is 25.5 Å². The molecule has 5 nitrogen and oxygen atoms in total. The van der Waals surface area contributed by atoms with Crippen LogP contribution in [0.1, 0.15) is 74.8 Å². The Labute approximate surface area is 126 Å². The van der Waals surface area contributed by atoms with Crippen LogP contribution in [0.15, 0.2) is 10.7 Å². The zero-order chi connectivity index (χ0) is 15.1. The summed E-state index contributed by atoms with van der Waals surface area (Å²) in [6, 6.07) is 0.166. The fourth-order valence-electron chi connectivity index (χ4n) is 2.72. The zero-order valence-corrected chi connectivity index (χ0v) is 13.2. The topological polar surface area (TPSA) is 67.2 Å². The summed E-state index contributed by atoms with van der Waals surface area (Å²) in [7, 11) is 0. The summed E-state index contributed by atoms with van der Waals surface area (Å²) in [5.74, 6) is 1.06. The lowest BCUT2D eigenvalue weighted by Crippen LogP contribution is -2.29. The lowest BCUT2D eigenvalue weighted by molar-refractivity contribution is 0.0940. The summed E-state index contributed by atoms with van der Waals surface area (Å²) in [5.41, 5.74) is 0.393. The Bertz CT molecular complexity index is 438. The van der Waals surface area contributed by atoms with Crippen molar-refractivity contribution in [3.63, 3.8) is 0 Å². The normalized spacial score (nSPS) is 19.6. The van der Waals surface area contributed by atoms with Gasteiger partial charge in [-0.3, -0.25) is 4.79 Å². The maximum absolute atomic E-state index is 12.1. The number of aromatic nitrogens is 1. The van der Waals surface area contributed by atoms with E-state index in [4.69, 9.17) is 4.42 Å². The van der Waals surface area contributed by atoms with Crippen LogP contribution in [0.25, 0.3) is 0 Å². The van der Waals surface area contributed by atoms with Gasteiger partial charge in [0.1, 0.15) is 6.26 Å². The van der Waals surface area contributed by atoms with Gasteiger partial charge in [-0.05, 0) is 31.7 Å². The second-order valence-corrected chi connectivity index (χ2v) is 5.85. The van der Waals surface area contributed by atoms with Crippen molar-refractivity contribution in [1.82, 2.24) is 15.6 Å². The van der Waals surface area contributed by atoms with Crippen LogP contribution in [-0.2, 0) is 0 Å². The Hall–Kier alpha value is -1.36. The molecule has 21 heavy (non-hydrogen) atoms. The molecule has 0 bridgehead atoms. The Morgan fingerprint density at radius 1 is 1.57 bits per heavy atom. The van der Waals surface area contributed by atoms with Crippen molar-refractivity contribution in [3.8, 4) is 0 Å². The number of oxazole rings is 1. The monoisotopic (exact) mass is 293 g/mol. The molecule has 0 aliphatic carbocycles. The molecule has 0 spiro atoms. The highest BCUT2D eigenvalue weighted by Gasteiger charge is 2.22. The third kappa shape index (κ3) is 4.56. The number of carbonyl (C=O) groups excluding carboxylic acids is 1. The number of nitrogens with one attached hydrogen (secondary N) is 2. The number of unbranched alkanes of at least 4 members (excludes halogenated alkanes) is 1. The Kier molecular flexibility index (Phi) is 6.23. The predicted octanol–water partition coefficient (Wildman–Crippen LogP) is 3.05. The zero-order valence-electron chi connectivity index (χ0n) is 13.2. The van der Waals surface area contributed by atoms with Crippen LogP contribution < -0.4 is 10.6 Å². The van der Waals surface area contributed by atoms with Gasteiger partial charge in [0.05, 0.1) is 6.04 Å². The molecule has 2 rings (SSSR count). The van der Waals surface area contributed by atoms with Gasteiger partial charge in [-0.2, -0.15) is 0 Å². The molecule has 1 aromatic rings. The largest absolute Gasteiger partial charge is 0.446 e. The Balaban J connectivity index is 1.82. The quantitative estimate of drug-likeness (QED) is 0.773. The second-order valence-electron chi connectivity index (χ2n) is 5.85. The molecule has 1 aliphatic heterocycles. The van der Waals surface area contributed by atoms with E-state index in [9.17, 15) is 4.79 Å². The van der Waals surface area contributed by atoms with E-state index in [2.05, 4.69) is 29.5 Å². The third-order valence-corrected chi connectivity index (χ3v) is 4.21. The summed E-state index contributed by atoms with van der Waals surface area (Å²) in [4.78, 5) is 16.4. The highest BCUT2D eigenvalue weighted by molar-refractivity contribution is 5.91. The van der Waals surface area contributed by atoms with Crippen molar-refractivity contribution in [2.75, 3.05) is 13.1 Å². The molecule has 2 heterocycles. The first-order valence-electron chi connectivity index (χ1n) is 8.21. The molecule has 1 fully saturated rings. The first-order chi connectivity index (χ1) is 10.2. The van der Waals surface area contributed by atoms with Crippen LogP contribution in [0.3, 0.4) is 0 Å². The van der Waals surface area contributed by atoms with Gasteiger partial charge in [-0.25, -0.2) is 4.98 Å². The number of carbonyl (C=O) groups is 1. The molecule has 1 aromatic heterocycles. The highest BCUT2D eigenvalue weighted by Crippen LogP contribution is 2.22. The van der Waals surface area contributed by atoms with Crippen molar-refractivity contribution in [2.45, 2.75) is 58.4 Å². The van der Waals surface area contributed by atoms with E-state index in [0.29, 0.717) is 17.5 Å². The molecule has 1 aliphatic rings. The van der Waals surface area contributed by atoms with Gasteiger partial charge in [0.15, 0.2) is 5.69 Å². The highest BCUT2D eigenvalue weighted by atomic mass is 16.3. The minimum absolute atomic E-state index is 0.127. The lowest BCUT2D eigenvalue weighted by atomic mass is 9.99. The van der Waals surface area contributed by atoms with Crippen molar-refractivity contribution < 1.29 is 9.21 Å². The van der Waals surface area contributed by atoms with Gasteiger partial charge < -0.3 is 15.1 Å². The van der Waals surface area contributed by atoms with Crippen molar-refractivity contribution in [1.29, 1.82) is 0 Å². The fourth-order valence-corrected chi connectivity index (χ4v) is 2.72. The maximum atomic E-state index is 12.1. The third-order valence-electron chi connectivity index (χ3n) is 4.21. The van der Waals surface area contributed by atoms with Gasteiger partial charge in [0.2, 0.25) is 5.89 Å². The van der Waals surface area contributed by atoms with Gasteiger partial charge in [-0.15, -0.1) is 0 Å². The second kappa shape index (κ2) is 8.17. The molecular formula is C16H27N3O2. The molecule has 118 valence electrons. The van der Waals surface area contributed by atoms with Crippen LogP contribution in [0.2, 0.25) is 0 Å². The molecule has 2 atom stereocenters. The molecule has 0 aromatic carbocycles. The van der Waals surface area contributed by atoms with Crippen LogP contribution in [0.4, 0.5) is 0 Å². The van der Waals surface area contributed by atoms with Gasteiger partial charge in [0.25, 0.3) is 5.91 Å². The van der Waals surface area contributed by atoms with Crippen LogP contribution >= 0.6 is 0 Å². The summed E-state index contributed by atoms with van der Waals surface area (Å²) < 4.78 is 5.43. The van der Waals surface area contributed by atoms with Crippen LogP contribution in [0.5, 0.6) is 0 Å². The molecule has 2 N–H and O–H groups in total. The van der Waals surface area contributed by atoms with Crippen LogP contribution in [0, 0.1) is 5.92 Å². The molecule has 5 heteroatoms. The van der Waals surface area contributed by atoms with E-state index >= 15 is 0 Å². The van der Waals surface area contributed by atoms with Gasteiger partial charge in [0, 0.05) is 6.54 Å². The first-order valence-corrected chi connectivity index (χ1v) is 8.21. The summed E-state index contributed by atoms with van der Waals surface area (Å²) in [5, 5.41) is 6.30. The number of hydrogen-bond acceptors (Lipinski definition) is 4. The van der Waals surface area contributed by atoms with Crippen molar-refractivity contribution in [2.24, 2.45) is 5.92 Å². The minimum atomic E-state index is -0.127. The van der Waals surface area contributed by atoms with E-state index in [1.807, 2.05) is 0 Å². The van der Waals surface area contributed by atoms with Crippen molar-refractivity contribution in [3.05, 3.63) is 17.8 Å². The molecule has 0 saturated carbocycles. The predicted molar refractivity (Wildman–Crippen MR) is 82.1 cm³/mol. The Morgan fingerprint density at radius 2 is 2.43 bits per heavy atom. The summed E-state index contributed by atoms with van der Waals surface area (Å²) in [6.07, 6.45) is 8.30. The average molecular weight is 293 g/mol. The maximum Gasteiger partial charge on any atom is 0.273 e. The van der Waals surface area contributed by atoms with E-state index in [1.54, 1.807) is 0 Å². The SMILES string of the molecule is CCCCC(CC)CNC(=O)c1coc(C2CCCN2)n1. The number of amides is 1. The lowest BCUT2D eigenvalue weighted by Gasteiger charge is -2.14. The number of nitrogens with zero attached hydrogens (tertiary/aromatic N) is 1. The first kappa shape index (κ1) is 16.0.